The molecule has 0 atom stereocenters. The molecule has 1 heterocycles. The standard InChI is InChI=1S/C21H23N3O4S/c1-26-15-6-4-14(5-7-15)23-21(29)22-11-10-13-12-16-17(27-2)8-9-18(28-3)19(16)24-20(13)25/h4-9,12H,10-11H2,1-3H3,(H,24,25)(H2,22,23,29). The number of rotatable bonds is 7. The van der Waals surface area contributed by atoms with Crippen molar-refractivity contribution in [3.63, 3.8) is 0 Å². The SMILES string of the molecule is COc1ccc(NC(=S)NCCc2cc3c(OC)ccc(OC)c3[nH]c2=O)cc1. The maximum absolute atomic E-state index is 12.5. The molecule has 3 N–H and O–H groups in total. The number of ether oxygens (including phenoxy) is 3. The number of H-pyrrole nitrogens is 1. The maximum atomic E-state index is 12.5. The van der Waals surface area contributed by atoms with Crippen molar-refractivity contribution in [1.29, 1.82) is 0 Å². The smallest absolute Gasteiger partial charge is 0.251 e. The summed E-state index contributed by atoms with van der Waals surface area (Å²) < 4.78 is 15.9. The fourth-order valence-electron chi connectivity index (χ4n) is 2.98. The highest BCUT2D eigenvalue weighted by Crippen LogP contribution is 2.31. The maximum Gasteiger partial charge on any atom is 0.251 e. The number of anilines is 1. The average Bonchev–Trinajstić information content (AvgIpc) is 2.74. The minimum atomic E-state index is -0.167. The molecule has 0 bridgehead atoms. The van der Waals surface area contributed by atoms with E-state index < -0.39 is 0 Å². The summed E-state index contributed by atoms with van der Waals surface area (Å²) in [4.78, 5) is 15.4. The normalized spacial score (nSPS) is 10.4. The van der Waals surface area contributed by atoms with Gasteiger partial charge >= 0.3 is 0 Å². The largest absolute Gasteiger partial charge is 0.497 e. The first-order chi connectivity index (χ1) is 14.0. The van der Waals surface area contributed by atoms with Crippen LogP contribution in [0.4, 0.5) is 5.69 Å². The number of aromatic amines is 1. The first kappa shape index (κ1) is 20.5. The third kappa shape index (κ3) is 4.78. The van der Waals surface area contributed by atoms with Crippen molar-refractivity contribution >= 4 is 33.9 Å². The van der Waals surface area contributed by atoms with Crippen molar-refractivity contribution in [2.24, 2.45) is 0 Å². The van der Waals surface area contributed by atoms with Gasteiger partial charge in [-0.05, 0) is 61.1 Å². The number of hydrogen-bond acceptors (Lipinski definition) is 5. The van der Waals surface area contributed by atoms with Gasteiger partial charge in [-0.25, -0.2) is 0 Å². The first-order valence-corrected chi connectivity index (χ1v) is 9.42. The zero-order valence-corrected chi connectivity index (χ0v) is 17.3. The predicted molar refractivity (Wildman–Crippen MR) is 119 cm³/mol. The predicted octanol–water partition coefficient (Wildman–Crippen LogP) is 3.08. The third-order valence-corrected chi connectivity index (χ3v) is 4.73. The van der Waals surface area contributed by atoms with E-state index in [4.69, 9.17) is 26.4 Å². The second-order valence-electron chi connectivity index (χ2n) is 6.24. The minimum Gasteiger partial charge on any atom is -0.497 e. The molecule has 29 heavy (non-hydrogen) atoms. The summed E-state index contributed by atoms with van der Waals surface area (Å²) in [6.45, 7) is 0.503. The monoisotopic (exact) mass is 413 g/mol. The van der Waals surface area contributed by atoms with Crippen LogP contribution in [0.25, 0.3) is 10.9 Å². The second-order valence-corrected chi connectivity index (χ2v) is 6.65. The summed E-state index contributed by atoms with van der Waals surface area (Å²) >= 11 is 5.32. The van der Waals surface area contributed by atoms with E-state index in [1.165, 1.54) is 0 Å². The molecule has 0 aliphatic carbocycles. The van der Waals surface area contributed by atoms with E-state index in [-0.39, 0.29) is 5.56 Å². The Labute approximate surface area is 174 Å². The van der Waals surface area contributed by atoms with Crippen LogP contribution < -0.4 is 30.4 Å². The quantitative estimate of drug-likeness (QED) is 0.513. The number of benzene rings is 2. The molecule has 7 nitrogen and oxygen atoms in total. The molecular weight excluding hydrogens is 390 g/mol. The highest BCUT2D eigenvalue weighted by Gasteiger charge is 2.11. The van der Waals surface area contributed by atoms with E-state index in [0.717, 1.165) is 16.8 Å². The lowest BCUT2D eigenvalue weighted by Gasteiger charge is -2.12. The van der Waals surface area contributed by atoms with Gasteiger partial charge in [-0.1, -0.05) is 0 Å². The molecule has 0 saturated carbocycles. The van der Waals surface area contributed by atoms with Gasteiger partial charge < -0.3 is 29.8 Å². The number of thiocarbonyl (C=S) groups is 1. The summed E-state index contributed by atoms with van der Waals surface area (Å²) in [5, 5.41) is 7.48. The summed E-state index contributed by atoms with van der Waals surface area (Å²) in [5.41, 5.74) is 1.93. The number of fused-ring (bicyclic) bond motifs is 1. The molecule has 3 rings (SSSR count). The van der Waals surface area contributed by atoms with Crippen LogP contribution in [0.3, 0.4) is 0 Å². The van der Waals surface area contributed by atoms with Crippen molar-refractivity contribution in [2.45, 2.75) is 6.42 Å². The molecule has 0 spiro atoms. The lowest BCUT2D eigenvalue weighted by molar-refractivity contribution is 0.409. The number of nitrogens with one attached hydrogen (secondary N) is 3. The van der Waals surface area contributed by atoms with Crippen molar-refractivity contribution in [3.8, 4) is 17.2 Å². The van der Waals surface area contributed by atoms with Gasteiger partial charge in [0.25, 0.3) is 5.56 Å². The fraction of sp³-hybridized carbons (Fsp3) is 0.238. The van der Waals surface area contributed by atoms with E-state index >= 15 is 0 Å². The molecule has 0 fully saturated rings. The van der Waals surface area contributed by atoms with E-state index in [0.29, 0.717) is 40.7 Å². The van der Waals surface area contributed by atoms with Gasteiger partial charge in [-0.15, -0.1) is 0 Å². The van der Waals surface area contributed by atoms with Crippen LogP contribution in [-0.4, -0.2) is 38.0 Å². The molecule has 0 aliphatic rings. The molecule has 152 valence electrons. The second kappa shape index (κ2) is 9.29. The molecule has 0 aliphatic heterocycles. The molecule has 0 radical (unpaired) electrons. The topological polar surface area (TPSA) is 84.6 Å². The van der Waals surface area contributed by atoms with Gasteiger partial charge in [0.15, 0.2) is 5.11 Å². The van der Waals surface area contributed by atoms with Crippen LogP contribution in [0.2, 0.25) is 0 Å². The number of hydrogen-bond donors (Lipinski definition) is 3. The van der Waals surface area contributed by atoms with Crippen molar-refractivity contribution in [1.82, 2.24) is 10.3 Å². The number of methoxy groups -OCH3 is 3. The highest BCUT2D eigenvalue weighted by atomic mass is 32.1. The van der Waals surface area contributed by atoms with Crippen LogP contribution in [0, 0.1) is 0 Å². The Balaban J connectivity index is 1.67. The molecule has 8 heteroatoms. The van der Waals surface area contributed by atoms with Gasteiger partial charge in [0.1, 0.15) is 17.2 Å². The summed E-state index contributed by atoms with van der Waals surface area (Å²) in [7, 11) is 4.78. The number of pyridine rings is 1. The highest BCUT2D eigenvalue weighted by molar-refractivity contribution is 7.80. The van der Waals surface area contributed by atoms with Crippen LogP contribution in [-0.2, 0) is 6.42 Å². The summed E-state index contributed by atoms with van der Waals surface area (Å²) in [5.74, 6) is 2.03. The summed E-state index contributed by atoms with van der Waals surface area (Å²) in [6.07, 6.45) is 0.496. The van der Waals surface area contributed by atoms with Crippen LogP contribution in [0.15, 0.2) is 47.3 Å². The molecular formula is C21H23N3O4S. The van der Waals surface area contributed by atoms with Gasteiger partial charge in [0.05, 0.1) is 26.8 Å². The lowest BCUT2D eigenvalue weighted by atomic mass is 10.1. The molecule has 0 saturated heterocycles. The Morgan fingerprint density at radius 3 is 2.34 bits per heavy atom. The van der Waals surface area contributed by atoms with Crippen molar-refractivity contribution < 1.29 is 14.2 Å². The van der Waals surface area contributed by atoms with E-state index in [1.807, 2.05) is 36.4 Å². The zero-order valence-electron chi connectivity index (χ0n) is 16.5. The Morgan fingerprint density at radius 1 is 1.00 bits per heavy atom. The number of aromatic nitrogens is 1. The summed E-state index contributed by atoms with van der Waals surface area (Å²) in [6, 6.07) is 12.9. The van der Waals surface area contributed by atoms with E-state index in [2.05, 4.69) is 15.6 Å². The van der Waals surface area contributed by atoms with Crippen LogP contribution in [0.5, 0.6) is 17.2 Å². The fourth-order valence-corrected chi connectivity index (χ4v) is 3.20. The van der Waals surface area contributed by atoms with Crippen molar-refractivity contribution in [3.05, 3.63) is 58.4 Å². The molecule has 0 unspecified atom stereocenters. The minimum absolute atomic E-state index is 0.167. The Morgan fingerprint density at radius 2 is 1.69 bits per heavy atom. The molecule has 3 aromatic rings. The third-order valence-electron chi connectivity index (χ3n) is 4.48. The van der Waals surface area contributed by atoms with Gasteiger partial charge in [0, 0.05) is 23.2 Å². The lowest BCUT2D eigenvalue weighted by Crippen LogP contribution is -2.31. The van der Waals surface area contributed by atoms with Gasteiger partial charge in [0.2, 0.25) is 0 Å². The van der Waals surface area contributed by atoms with E-state index in [9.17, 15) is 4.79 Å². The van der Waals surface area contributed by atoms with Gasteiger partial charge in [-0.2, -0.15) is 0 Å². The molecule has 0 amide bonds. The van der Waals surface area contributed by atoms with Crippen molar-refractivity contribution in [2.75, 3.05) is 33.2 Å². The van der Waals surface area contributed by atoms with E-state index in [1.54, 1.807) is 27.4 Å². The Kier molecular flexibility index (Phi) is 6.56. The Hall–Kier alpha value is -3.26. The van der Waals surface area contributed by atoms with Crippen LogP contribution >= 0.6 is 12.2 Å². The zero-order chi connectivity index (χ0) is 20.8. The first-order valence-electron chi connectivity index (χ1n) is 9.01. The molecule has 1 aromatic heterocycles. The van der Waals surface area contributed by atoms with Crippen LogP contribution in [0.1, 0.15) is 5.56 Å². The Bertz CT molecular complexity index is 1060. The average molecular weight is 413 g/mol. The molecule has 2 aromatic carbocycles. The van der Waals surface area contributed by atoms with Gasteiger partial charge in [-0.3, -0.25) is 4.79 Å².